The molecule has 0 aliphatic carbocycles. The molecule has 0 aliphatic heterocycles. The fraction of sp³-hybridized carbons (Fsp3) is 0.176. The van der Waals surface area contributed by atoms with Gasteiger partial charge in [0.15, 0.2) is 5.76 Å². The summed E-state index contributed by atoms with van der Waals surface area (Å²) in [7, 11) is 0. The van der Waals surface area contributed by atoms with E-state index in [1.165, 1.54) is 6.26 Å². The Hall–Kier alpha value is -3.07. The molecule has 134 valence electrons. The van der Waals surface area contributed by atoms with Crippen molar-refractivity contribution < 1.29 is 18.4 Å². The minimum Gasteiger partial charge on any atom is -0.459 e. The highest BCUT2D eigenvalue weighted by atomic mass is 32.2. The van der Waals surface area contributed by atoms with Crippen LogP contribution in [0.5, 0.6) is 0 Å². The third-order valence-corrected chi connectivity index (χ3v) is 4.25. The van der Waals surface area contributed by atoms with Crippen LogP contribution in [0.25, 0.3) is 11.7 Å². The minimum absolute atomic E-state index is 0.212. The summed E-state index contributed by atoms with van der Waals surface area (Å²) in [6, 6.07) is 12.2. The summed E-state index contributed by atoms with van der Waals surface area (Å²) < 4.78 is 10.6. The van der Waals surface area contributed by atoms with E-state index in [-0.39, 0.29) is 11.1 Å². The van der Waals surface area contributed by atoms with Crippen LogP contribution in [0.15, 0.2) is 62.8 Å². The van der Waals surface area contributed by atoms with E-state index in [4.69, 9.17) is 8.83 Å². The number of carbonyl (C=O) groups is 2. The SMILES string of the molecule is C[C@@H](Sc1nnc(-c2ccco2)o1)C(=O)NC(=O)NCc1ccccc1. The van der Waals surface area contributed by atoms with Gasteiger partial charge in [0, 0.05) is 6.54 Å². The molecule has 0 bridgehead atoms. The van der Waals surface area contributed by atoms with Crippen molar-refractivity contribution in [2.45, 2.75) is 23.9 Å². The standard InChI is InChI=1S/C17H16N4O4S/c1-11(26-17-21-20-15(25-17)13-8-5-9-24-13)14(22)19-16(23)18-10-12-6-3-2-4-7-12/h2-9,11H,10H2,1H3,(H2,18,19,22,23)/t11-/m1/s1. The number of benzene rings is 1. The number of nitrogens with zero attached hydrogens (tertiary/aromatic N) is 2. The van der Waals surface area contributed by atoms with E-state index in [0.717, 1.165) is 17.3 Å². The highest BCUT2D eigenvalue weighted by molar-refractivity contribution is 8.00. The molecule has 1 atom stereocenters. The lowest BCUT2D eigenvalue weighted by Gasteiger charge is -2.10. The fourth-order valence-electron chi connectivity index (χ4n) is 2.00. The van der Waals surface area contributed by atoms with E-state index in [2.05, 4.69) is 20.8 Å². The lowest BCUT2D eigenvalue weighted by atomic mass is 10.2. The van der Waals surface area contributed by atoms with Gasteiger partial charge in [-0.05, 0) is 24.6 Å². The van der Waals surface area contributed by atoms with E-state index in [1.54, 1.807) is 19.1 Å². The van der Waals surface area contributed by atoms with Crippen molar-refractivity contribution in [1.29, 1.82) is 0 Å². The van der Waals surface area contributed by atoms with Gasteiger partial charge in [0.25, 0.3) is 11.1 Å². The van der Waals surface area contributed by atoms with Gasteiger partial charge in [-0.1, -0.05) is 42.1 Å². The highest BCUT2D eigenvalue weighted by Gasteiger charge is 2.21. The number of imide groups is 1. The average Bonchev–Trinajstić information content (AvgIpc) is 3.32. The van der Waals surface area contributed by atoms with Crippen molar-refractivity contribution in [2.24, 2.45) is 0 Å². The Morgan fingerprint density at radius 2 is 1.96 bits per heavy atom. The Morgan fingerprint density at radius 1 is 1.15 bits per heavy atom. The van der Waals surface area contributed by atoms with Crippen LogP contribution in [0.1, 0.15) is 12.5 Å². The molecule has 9 heteroatoms. The molecule has 1 aromatic carbocycles. The van der Waals surface area contributed by atoms with Crippen molar-refractivity contribution >= 4 is 23.7 Å². The number of nitrogens with one attached hydrogen (secondary N) is 2. The first-order valence-corrected chi connectivity index (χ1v) is 8.66. The zero-order valence-corrected chi connectivity index (χ0v) is 14.7. The Balaban J connectivity index is 1.47. The van der Waals surface area contributed by atoms with Crippen LogP contribution < -0.4 is 10.6 Å². The summed E-state index contributed by atoms with van der Waals surface area (Å²) in [6.45, 7) is 1.97. The zero-order valence-electron chi connectivity index (χ0n) is 13.8. The largest absolute Gasteiger partial charge is 0.459 e. The molecule has 0 radical (unpaired) electrons. The Labute approximate surface area is 153 Å². The molecule has 0 spiro atoms. The van der Waals surface area contributed by atoms with Gasteiger partial charge in [-0.3, -0.25) is 10.1 Å². The van der Waals surface area contributed by atoms with Crippen LogP contribution in [-0.2, 0) is 11.3 Å². The topological polar surface area (TPSA) is 110 Å². The molecule has 2 N–H and O–H groups in total. The molecule has 26 heavy (non-hydrogen) atoms. The molecule has 0 saturated heterocycles. The molecule has 2 aromatic heterocycles. The van der Waals surface area contributed by atoms with Crippen LogP contribution in [0, 0.1) is 0 Å². The first-order chi connectivity index (χ1) is 12.6. The smallest absolute Gasteiger partial charge is 0.321 e. The first-order valence-electron chi connectivity index (χ1n) is 7.78. The quantitative estimate of drug-likeness (QED) is 0.640. The van der Waals surface area contributed by atoms with Crippen molar-refractivity contribution in [2.75, 3.05) is 0 Å². The summed E-state index contributed by atoms with van der Waals surface area (Å²) in [5.74, 6) is 0.214. The monoisotopic (exact) mass is 372 g/mol. The number of furan rings is 1. The van der Waals surface area contributed by atoms with Crippen LogP contribution in [-0.4, -0.2) is 27.4 Å². The van der Waals surface area contributed by atoms with Crippen LogP contribution >= 0.6 is 11.8 Å². The molecule has 3 aromatic rings. The van der Waals surface area contributed by atoms with Crippen LogP contribution in [0.2, 0.25) is 0 Å². The molecule has 3 amide bonds. The predicted molar refractivity (Wildman–Crippen MR) is 94.1 cm³/mol. The van der Waals surface area contributed by atoms with E-state index >= 15 is 0 Å². The Morgan fingerprint density at radius 3 is 2.69 bits per heavy atom. The van der Waals surface area contributed by atoms with Gasteiger partial charge in [0.05, 0.1) is 11.5 Å². The van der Waals surface area contributed by atoms with Gasteiger partial charge < -0.3 is 14.2 Å². The number of amides is 3. The summed E-state index contributed by atoms with van der Waals surface area (Å²) in [4.78, 5) is 23.9. The maximum Gasteiger partial charge on any atom is 0.321 e. The fourth-order valence-corrected chi connectivity index (χ4v) is 2.68. The first kappa shape index (κ1) is 17.7. The Bertz CT molecular complexity index is 864. The Kier molecular flexibility index (Phi) is 5.69. The van der Waals surface area contributed by atoms with E-state index < -0.39 is 17.2 Å². The second kappa shape index (κ2) is 8.34. The molecule has 8 nitrogen and oxygen atoms in total. The number of thioether (sulfide) groups is 1. The molecule has 0 aliphatic rings. The van der Waals surface area contributed by atoms with Gasteiger partial charge in [0.2, 0.25) is 5.91 Å². The third-order valence-electron chi connectivity index (χ3n) is 3.32. The van der Waals surface area contributed by atoms with Gasteiger partial charge >= 0.3 is 6.03 Å². The van der Waals surface area contributed by atoms with E-state index in [1.807, 2.05) is 30.3 Å². The third kappa shape index (κ3) is 4.73. The lowest BCUT2D eigenvalue weighted by Crippen LogP contribution is -2.42. The number of rotatable bonds is 6. The number of urea groups is 1. The van der Waals surface area contributed by atoms with Gasteiger partial charge in [0.1, 0.15) is 0 Å². The normalized spacial score (nSPS) is 11.7. The summed E-state index contributed by atoms with van der Waals surface area (Å²) in [6.07, 6.45) is 1.50. The van der Waals surface area contributed by atoms with E-state index in [9.17, 15) is 9.59 Å². The highest BCUT2D eigenvalue weighted by Crippen LogP contribution is 2.26. The summed E-state index contributed by atoms with van der Waals surface area (Å²) in [5.41, 5.74) is 0.939. The maximum absolute atomic E-state index is 12.1. The predicted octanol–water partition coefficient (Wildman–Crippen LogP) is 2.84. The number of hydrogen-bond acceptors (Lipinski definition) is 7. The molecular formula is C17H16N4O4S. The molecule has 0 saturated carbocycles. The number of carbonyl (C=O) groups excluding carboxylic acids is 2. The van der Waals surface area contributed by atoms with Crippen molar-refractivity contribution in [1.82, 2.24) is 20.8 Å². The molecule has 3 rings (SSSR count). The molecule has 2 heterocycles. The van der Waals surface area contributed by atoms with Gasteiger partial charge in [-0.25, -0.2) is 4.79 Å². The molecule has 0 unspecified atom stereocenters. The average molecular weight is 372 g/mol. The maximum atomic E-state index is 12.1. The lowest BCUT2D eigenvalue weighted by molar-refractivity contribution is -0.119. The number of aromatic nitrogens is 2. The second-order valence-corrected chi connectivity index (χ2v) is 6.56. The molecular weight excluding hydrogens is 356 g/mol. The van der Waals surface area contributed by atoms with Crippen molar-refractivity contribution in [3.63, 3.8) is 0 Å². The number of hydrogen-bond donors (Lipinski definition) is 2. The summed E-state index contributed by atoms with van der Waals surface area (Å²) >= 11 is 1.05. The van der Waals surface area contributed by atoms with E-state index in [0.29, 0.717) is 12.3 Å². The van der Waals surface area contributed by atoms with Crippen LogP contribution in [0.3, 0.4) is 0 Å². The zero-order chi connectivity index (χ0) is 18.4. The molecule has 0 fully saturated rings. The van der Waals surface area contributed by atoms with Gasteiger partial charge in [-0.2, -0.15) is 0 Å². The van der Waals surface area contributed by atoms with Gasteiger partial charge in [-0.15, -0.1) is 10.2 Å². The van der Waals surface area contributed by atoms with Crippen molar-refractivity contribution in [3.8, 4) is 11.7 Å². The van der Waals surface area contributed by atoms with Crippen molar-refractivity contribution in [3.05, 3.63) is 54.3 Å². The summed E-state index contributed by atoms with van der Waals surface area (Å²) in [5, 5.41) is 12.2. The second-order valence-electron chi connectivity index (χ2n) is 5.27. The van der Waals surface area contributed by atoms with Crippen LogP contribution in [0.4, 0.5) is 4.79 Å². The minimum atomic E-state index is -0.595.